The number of imidazole rings is 1. The Hall–Kier alpha value is -3.20. The van der Waals surface area contributed by atoms with E-state index in [1.165, 1.54) is 0 Å². The van der Waals surface area contributed by atoms with Crippen LogP contribution < -0.4 is 10.6 Å². The Balaban J connectivity index is 1.46. The van der Waals surface area contributed by atoms with Crippen LogP contribution in [-0.4, -0.2) is 53.0 Å². The maximum atomic E-state index is 10.5. The summed E-state index contributed by atoms with van der Waals surface area (Å²) in [6.45, 7) is 2.05. The molecule has 4 heterocycles. The third-order valence-corrected chi connectivity index (χ3v) is 6.19. The van der Waals surface area contributed by atoms with E-state index in [1.54, 1.807) is 10.7 Å². The first-order valence-corrected chi connectivity index (χ1v) is 10.5. The van der Waals surface area contributed by atoms with E-state index in [-0.39, 0.29) is 6.04 Å². The Morgan fingerprint density at radius 3 is 2.73 bits per heavy atom. The van der Waals surface area contributed by atoms with Gasteiger partial charge < -0.3 is 15.7 Å². The summed E-state index contributed by atoms with van der Waals surface area (Å²) in [7, 11) is 1.86. The zero-order valence-electron chi connectivity index (χ0n) is 17.2. The molecule has 1 aliphatic carbocycles. The van der Waals surface area contributed by atoms with E-state index in [0.29, 0.717) is 5.95 Å². The molecule has 5 rings (SSSR count). The topological polar surface area (TPSA) is 105 Å². The second-order valence-corrected chi connectivity index (χ2v) is 8.00. The fraction of sp³-hybridized carbons (Fsp3) is 0.429. The summed E-state index contributed by atoms with van der Waals surface area (Å²) in [6.07, 6.45) is 9.72. The van der Waals surface area contributed by atoms with Gasteiger partial charge in [0.2, 0.25) is 5.95 Å². The lowest BCUT2D eigenvalue weighted by Crippen LogP contribution is -2.38. The van der Waals surface area contributed by atoms with Crippen molar-refractivity contribution in [2.45, 2.75) is 50.7 Å². The molecule has 4 aromatic rings. The lowest BCUT2D eigenvalue weighted by Gasteiger charge is -2.35. The number of hydrogen-bond acceptors (Lipinski definition) is 7. The molecule has 0 radical (unpaired) electrons. The summed E-state index contributed by atoms with van der Waals surface area (Å²) in [6, 6.07) is 6.17. The standard InChI is InChI=1S/C21H26N8O/c1-3-21(30)9-6-14(7-10-21)24-20-25-19(22-2)18-15(8-12-29(18)27-20)16-4-5-17-23-11-13-28(17)26-16/h4-5,8,11-14,30H,3,6-7,9-10H2,1-2H3,(H2,22,24,25,27). The van der Waals surface area contributed by atoms with Gasteiger partial charge in [0.1, 0.15) is 5.52 Å². The molecule has 1 saturated carbocycles. The van der Waals surface area contributed by atoms with Gasteiger partial charge in [-0.1, -0.05) is 6.92 Å². The number of fused-ring (bicyclic) bond motifs is 2. The van der Waals surface area contributed by atoms with Crippen molar-refractivity contribution >= 4 is 22.9 Å². The van der Waals surface area contributed by atoms with Crippen LogP contribution in [-0.2, 0) is 0 Å². The number of hydrogen-bond donors (Lipinski definition) is 3. The van der Waals surface area contributed by atoms with Gasteiger partial charge in [-0.05, 0) is 50.3 Å². The molecule has 9 nitrogen and oxygen atoms in total. The first-order valence-electron chi connectivity index (χ1n) is 10.5. The average molecular weight is 406 g/mol. The molecular weight excluding hydrogens is 380 g/mol. The van der Waals surface area contributed by atoms with Gasteiger partial charge in [0.05, 0.1) is 11.3 Å². The predicted octanol–water partition coefficient (Wildman–Crippen LogP) is 2.98. The van der Waals surface area contributed by atoms with Crippen LogP contribution in [0.5, 0.6) is 0 Å². The van der Waals surface area contributed by atoms with E-state index in [0.717, 1.165) is 60.3 Å². The zero-order chi connectivity index (χ0) is 20.7. The summed E-state index contributed by atoms with van der Waals surface area (Å²) in [4.78, 5) is 8.97. The first-order chi connectivity index (χ1) is 14.6. The summed E-state index contributed by atoms with van der Waals surface area (Å²) < 4.78 is 3.59. The summed E-state index contributed by atoms with van der Waals surface area (Å²) >= 11 is 0. The quantitative estimate of drug-likeness (QED) is 0.468. The normalized spacial score (nSPS) is 21.9. The molecule has 156 valence electrons. The van der Waals surface area contributed by atoms with E-state index in [4.69, 9.17) is 4.98 Å². The van der Waals surface area contributed by atoms with Gasteiger partial charge in [-0.25, -0.2) is 14.0 Å². The van der Waals surface area contributed by atoms with Crippen LogP contribution in [0.4, 0.5) is 11.8 Å². The second kappa shape index (κ2) is 7.24. The van der Waals surface area contributed by atoms with Gasteiger partial charge >= 0.3 is 0 Å². The lowest BCUT2D eigenvalue weighted by molar-refractivity contribution is -0.00198. The molecule has 1 aliphatic rings. The summed E-state index contributed by atoms with van der Waals surface area (Å²) in [5.74, 6) is 1.32. The van der Waals surface area contributed by atoms with E-state index in [2.05, 4.69) is 25.8 Å². The van der Waals surface area contributed by atoms with Crippen molar-refractivity contribution in [3.63, 3.8) is 0 Å². The van der Waals surface area contributed by atoms with Crippen molar-refractivity contribution < 1.29 is 5.11 Å². The molecule has 0 saturated heterocycles. The van der Waals surface area contributed by atoms with Gasteiger partial charge in [0.25, 0.3) is 0 Å². The van der Waals surface area contributed by atoms with E-state index in [1.807, 2.05) is 49.1 Å². The van der Waals surface area contributed by atoms with Gasteiger partial charge in [-0.2, -0.15) is 10.1 Å². The van der Waals surface area contributed by atoms with Gasteiger partial charge in [-0.15, -0.1) is 5.10 Å². The lowest BCUT2D eigenvalue weighted by atomic mass is 9.80. The van der Waals surface area contributed by atoms with Crippen molar-refractivity contribution in [1.29, 1.82) is 0 Å². The largest absolute Gasteiger partial charge is 0.390 e. The Bertz CT molecular complexity index is 1190. The monoisotopic (exact) mass is 406 g/mol. The van der Waals surface area contributed by atoms with Crippen LogP contribution in [0.3, 0.4) is 0 Å². The average Bonchev–Trinajstić information content (AvgIpc) is 3.41. The number of nitrogens with zero attached hydrogens (tertiary/aromatic N) is 6. The second-order valence-electron chi connectivity index (χ2n) is 8.00. The van der Waals surface area contributed by atoms with Gasteiger partial charge in [-0.3, -0.25) is 0 Å². The fourth-order valence-electron chi connectivity index (χ4n) is 4.26. The molecule has 1 fully saturated rings. The van der Waals surface area contributed by atoms with Crippen LogP contribution in [0.15, 0.2) is 36.8 Å². The minimum atomic E-state index is -0.516. The first kappa shape index (κ1) is 18.8. The van der Waals surface area contributed by atoms with Crippen molar-refractivity contribution in [1.82, 2.24) is 29.2 Å². The van der Waals surface area contributed by atoms with Crippen LogP contribution in [0, 0.1) is 0 Å². The minimum Gasteiger partial charge on any atom is -0.390 e. The number of anilines is 2. The molecule has 0 bridgehead atoms. The molecule has 4 aromatic heterocycles. The van der Waals surface area contributed by atoms with Crippen molar-refractivity contribution in [3.05, 3.63) is 36.8 Å². The highest BCUT2D eigenvalue weighted by atomic mass is 16.3. The van der Waals surface area contributed by atoms with Crippen molar-refractivity contribution in [2.24, 2.45) is 0 Å². The molecule has 0 spiro atoms. The Morgan fingerprint density at radius 1 is 1.13 bits per heavy atom. The molecule has 0 atom stereocenters. The van der Waals surface area contributed by atoms with E-state index >= 15 is 0 Å². The number of aromatic nitrogens is 6. The Kier molecular flexibility index (Phi) is 4.54. The molecule has 0 unspecified atom stereocenters. The molecular formula is C21H26N8O. The molecule has 0 aromatic carbocycles. The molecule has 9 heteroatoms. The molecule has 0 aliphatic heterocycles. The number of nitrogens with one attached hydrogen (secondary N) is 2. The van der Waals surface area contributed by atoms with E-state index < -0.39 is 5.60 Å². The maximum absolute atomic E-state index is 10.5. The smallest absolute Gasteiger partial charge is 0.243 e. The molecule has 0 amide bonds. The van der Waals surface area contributed by atoms with Gasteiger partial charge in [0.15, 0.2) is 11.5 Å². The van der Waals surface area contributed by atoms with E-state index in [9.17, 15) is 5.11 Å². The zero-order valence-corrected chi connectivity index (χ0v) is 17.2. The number of rotatable bonds is 5. The summed E-state index contributed by atoms with van der Waals surface area (Å²) in [5, 5.41) is 26.5. The third-order valence-electron chi connectivity index (χ3n) is 6.19. The SMILES string of the molecule is CCC1(O)CCC(Nc2nc(NC)c3c(-c4ccc5nccn5n4)ccn3n2)CC1. The van der Waals surface area contributed by atoms with Crippen LogP contribution in [0.1, 0.15) is 39.0 Å². The van der Waals surface area contributed by atoms with Crippen molar-refractivity contribution in [3.8, 4) is 11.3 Å². The molecule has 30 heavy (non-hydrogen) atoms. The fourth-order valence-corrected chi connectivity index (χ4v) is 4.26. The minimum absolute atomic E-state index is 0.263. The highest BCUT2D eigenvalue weighted by Crippen LogP contribution is 2.33. The Labute approximate surface area is 174 Å². The summed E-state index contributed by atoms with van der Waals surface area (Å²) in [5.41, 5.74) is 2.94. The highest BCUT2D eigenvalue weighted by Gasteiger charge is 2.31. The Morgan fingerprint density at radius 2 is 1.97 bits per heavy atom. The van der Waals surface area contributed by atoms with Crippen LogP contribution >= 0.6 is 0 Å². The molecule has 3 N–H and O–H groups in total. The number of aliphatic hydroxyl groups is 1. The van der Waals surface area contributed by atoms with Crippen molar-refractivity contribution in [2.75, 3.05) is 17.7 Å². The maximum Gasteiger partial charge on any atom is 0.243 e. The van der Waals surface area contributed by atoms with Crippen LogP contribution in [0.25, 0.3) is 22.4 Å². The van der Waals surface area contributed by atoms with Crippen LogP contribution in [0.2, 0.25) is 0 Å². The van der Waals surface area contributed by atoms with Gasteiger partial charge in [0, 0.05) is 37.2 Å². The highest BCUT2D eigenvalue weighted by molar-refractivity contribution is 5.87. The predicted molar refractivity (Wildman–Crippen MR) is 116 cm³/mol. The third kappa shape index (κ3) is 3.24.